The van der Waals surface area contributed by atoms with E-state index in [2.05, 4.69) is 15.5 Å². The molecule has 2 amide bonds. The lowest BCUT2D eigenvalue weighted by Crippen LogP contribution is -2.71. The number of oxime groups is 1. The fourth-order valence-corrected chi connectivity index (χ4v) is 10.4. The molecule has 13 nitrogen and oxygen atoms in total. The average Bonchev–Trinajstić information content (AvgIpc) is 3.47. The van der Waals surface area contributed by atoms with Crippen molar-refractivity contribution in [2.45, 2.75) is 25.7 Å². The van der Waals surface area contributed by atoms with Crippen LogP contribution >= 0.6 is 81.3 Å². The van der Waals surface area contributed by atoms with Gasteiger partial charge in [0.25, 0.3) is 11.8 Å². The minimum Gasteiger partial charge on any atom is -0.477 e. The van der Waals surface area contributed by atoms with Gasteiger partial charge in [-0.1, -0.05) is 51.6 Å². The van der Waals surface area contributed by atoms with Gasteiger partial charge in [-0.3, -0.25) is 14.5 Å². The standard InChI is InChI=1S/C20H23ClN8O5S6/c21-13-9(27-19(24)39-13)10(28-34)14(30)26-11-15(31)29-12(17(32)33)8(6-37-16(11)29)38-18-7(5-35-3-1-22)25-20(40-18)36-4-2-23/h11,16,34H,1-6,22-23H2,(H2,24,27)(H,26,30)(H,32,33)/b28-10-. The maximum absolute atomic E-state index is 13.1. The molecular formula is C20H23ClN8O5S6. The van der Waals surface area contributed by atoms with Crippen molar-refractivity contribution in [2.24, 2.45) is 16.6 Å². The van der Waals surface area contributed by atoms with E-state index in [0.29, 0.717) is 35.3 Å². The predicted octanol–water partition coefficient (Wildman–Crippen LogP) is 1.74. The Labute approximate surface area is 258 Å². The predicted molar refractivity (Wildman–Crippen MR) is 163 cm³/mol. The third-order valence-corrected chi connectivity index (χ3v) is 12.4. The van der Waals surface area contributed by atoms with Gasteiger partial charge < -0.3 is 32.8 Å². The van der Waals surface area contributed by atoms with Gasteiger partial charge in [0.05, 0.1) is 9.90 Å². The van der Waals surface area contributed by atoms with Gasteiger partial charge in [-0.2, -0.15) is 11.8 Å². The zero-order chi connectivity index (χ0) is 29.0. The Bertz CT molecular complexity index is 1370. The largest absolute Gasteiger partial charge is 0.477 e. The maximum Gasteiger partial charge on any atom is 0.353 e. The quantitative estimate of drug-likeness (QED) is 0.0442. The van der Waals surface area contributed by atoms with Crippen LogP contribution in [0.2, 0.25) is 4.34 Å². The second-order valence-electron chi connectivity index (χ2n) is 7.86. The number of thiazole rings is 2. The number of fused-ring (bicyclic) bond motifs is 1. The van der Waals surface area contributed by atoms with Crippen molar-refractivity contribution in [1.82, 2.24) is 20.2 Å². The summed E-state index contributed by atoms with van der Waals surface area (Å²) in [5.74, 6) is -0.395. The van der Waals surface area contributed by atoms with E-state index in [0.717, 1.165) is 31.3 Å². The summed E-state index contributed by atoms with van der Waals surface area (Å²) >= 11 is 14.1. The fraction of sp³-hybridized carbons (Fsp3) is 0.400. The first kappa shape index (κ1) is 31.2. The first-order valence-electron chi connectivity index (χ1n) is 11.3. The summed E-state index contributed by atoms with van der Waals surface area (Å²) in [5.41, 5.74) is 16.9. The van der Waals surface area contributed by atoms with Gasteiger partial charge in [0.1, 0.15) is 27.1 Å². The van der Waals surface area contributed by atoms with Gasteiger partial charge in [0, 0.05) is 41.0 Å². The number of nitrogens with zero attached hydrogens (tertiary/aromatic N) is 4. The molecule has 0 radical (unpaired) electrons. The number of aliphatic carboxylic acids is 1. The van der Waals surface area contributed by atoms with Crippen LogP contribution < -0.4 is 22.5 Å². The average molecular weight is 683 g/mol. The summed E-state index contributed by atoms with van der Waals surface area (Å²) in [4.78, 5) is 48.6. The van der Waals surface area contributed by atoms with Crippen LogP contribution in [-0.2, 0) is 20.1 Å². The highest BCUT2D eigenvalue weighted by Crippen LogP contribution is 2.48. The number of carboxylic acids is 1. The minimum atomic E-state index is -1.26. The zero-order valence-electron chi connectivity index (χ0n) is 20.4. The Morgan fingerprint density at radius 2 is 1.98 bits per heavy atom. The van der Waals surface area contributed by atoms with Crippen LogP contribution in [0.4, 0.5) is 5.13 Å². The summed E-state index contributed by atoms with van der Waals surface area (Å²) in [6.07, 6.45) is 0. The molecular weight excluding hydrogens is 660 g/mol. The number of carbonyl (C=O) groups excluding carboxylic acids is 2. The van der Waals surface area contributed by atoms with Crippen LogP contribution in [-0.4, -0.2) is 90.4 Å². The number of rotatable bonds is 13. The van der Waals surface area contributed by atoms with Crippen LogP contribution in [0.15, 0.2) is 24.3 Å². The number of hydrogen-bond donors (Lipinski definition) is 6. The lowest BCUT2D eigenvalue weighted by Gasteiger charge is -2.49. The lowest BCUT2D eigenvalue weighted by atomic mass is 10.0. The highest BCUT2D eigenvalue weighted by atomic mass is 35.5. The Balaban J connectivity index is 1.53. The fourth-order valence-electron chi connectivity index (χ4n) is 3.60. The molecule has 2 atom stereocenters. The number of β-lactam (4-membered cyclic amide) rings is 1. The van der Waals surface area contributed by atoms with Gasteiger partial charge in [0.15, 0.2) is 15.2 Å². The van der Waals surface area contributed by atoms with E-state index < -0.39 is 34.9 Å². The molecule has 0 aliphatic carbocycles. The van der Waals surface area contributed by atoms with Crippen molar-refractivity contribution < 1.29 is 24.7 Å². The topological polar surface area (TPSA) is 223 Å². The molecule has 1 fully saturated rings. The first-order valence-corrected chi connectivity index (χ1v) is 17.4. The van der Waals surface area contributed by atoms with Crippen LogP contribution in [0.1, 0.15) is 11.4 Å². The maximum atomic E-state index is 13.1. The number of hydrogen-bond acceptors (Lipinski definition) is 16. The number of nitrogen functional groups attached to an aromatic ring is 1. The van der Waals surface area contributed by atoms with Gasteiger partial charge in [-0.25, -0.2) is 14.8 Å². The Morgan fingerprint density at radius 3 is 2.60 bits per heavy atom. The van der Waals surface area contributed by atoms with Crippen LogP contribution in [0.25, 0.3) is 0 Å². The van der Waals surface area contributed by atoms with E-state index in [9.17, 15) is 24.7 Å². The number of nitrogens with two attached hydrogens (primary N) is 3. The molecule has 40 heavy (non-hydrogen) atoms. The second kappa shape index (κ2) is 14.0. The monoisotopic (exact) mass is 682 g/mol. The first-order chi connectivity index (χ1) is 19.2. The Morgan fingerprint density at radius 1 is 1.23 bits per heavy atom. The van der Waals surface area contributed by atoms with Crippen molar-refractivity contribution in [3.8, 4) is 0 Å². The molecule has 4 rings (SSSR count). The molecule has 1 saturated heterocycles. The van der Waals surface area contributed by atoms with Crippen LogP contribution in [0.5, 0.6) is 0 Å². The molecule has 0 saturated carbocycles. The molecule has 2 aromatic heterocycles. The third-order valence-electron chi connectivity index (χ3n) is 5.27. The van der Waals surface area contributed by atoms with Gasteiger partial charge in [-0.05, 0) is 0 Å². The Hall–Kier alpha value is -1.71. The molecule has 2 aliphatic heterocycles. The number of halogens is 1. The summed E-state index contributed by atoms with van der Waals surface area (Å²) in [6.45, 7) is 1.03. The number of carboxylic acid groups (broad SMARTS) is 1. The molecule has 20 heteroatoms. The number of carbonyl (C=O) groups is 3. The van der Waals surface area contributed by atoms with E-state index in [4.69, 9.17) is 33.8 Å². The van der Waals surface area contributed by atoms with E-state index in [1.165, 1.54) is 51.5 Å². The number of anilines is 1. The molecule has 0 spiro atoms. The lowest BCUT2D eigenvalue weighted by molar-refractivity contribution is -0.150. The normalized spacial score (nSPS) is 19.0. The van der Waals surface area contributed by atoms with Crippen molar-refractivity contribution in [1.29, 1.82) is 0 Å². The molecule has 0 aromatic carbocycles. The van der Waals surface area contributed by atoms with Crippen LogP contribution in [0, 0.1) is 0 Å². The van der Waals surface area contributed by atoms with E-state index in [-0.39, 0.29) is 20.9 Å². The highest BCUT2D eigenvalue weighted by Gasteiger charge is 2.54. The number of nitrogens with one attached hydrogen (secondary N) is 1. The van der Waals surface area contributed by atoms with Crippen molar-refractivity contribution in [3.63, 3.8) is 0 Å². The molecule has 2 unspecified atom stereocenters. The molecule has 2 aromatic rings. The van der Waals surface area contributed by atoms with Gasteiger partial charge in [0.2, 0.25) is 0 Å². The zero-order valence-corrected chi connectivity index (χ0v) is 26.0. The third kappa shape index (κ3) is 6.67. The molecule has 216 valence electrons. The summed E-state index contributed by atoms with van der Waals surface area (Å²) in [5, 5.41) is 24.4. The summed E-state index contributed by atoms with van der Waals surface area (Å²) in [6, 6.07) is -1.05. The van der Waals surface area contributed by atoms with Gasteiger partial charge >= 0.3 is 5.97 Å². The summed E-state index contributed by atoms with van der Waals surface area (Å²) < 4.78 is 1.72. The van der Waals surface area contributed by atoms with Crippen LogP contribution in [0.3, 0.4) is 0 Å². The Kier molecular flexibility index (Phi) is 10.9. The second-order valence-corrected chi connectivity index (χ2v) is 15.4. The summed E-state index contributed by atoms with van der Waals surface area (Å²) in [7, 11) is 0. The van der Waals surface area contributed by atoms with E-state index in [1.54, 1.807) is 11.8 Å². The molecule has 4 heterocycles. The molecule has 9 N–H and O–H groups in total. The molecule has 2 aliphatic rings. The number of aromatic nitrogens is 2. The molecule has 0 bridgehead atoms. The minimum absolute atomic E-state index is 0.0419. The SMILES string of the molecule is NCCSCc1nc(SCCN)sc1SC1=C(C(=O)O)N2C(=O)C(NC(=O)/C(=N\O)c3nc(N)sc3Cl)C2SC1. The van der Waals surface area contributed by atoms with E-state index >= 15 is 0 Å². The smallest absolute Gasteiger partial charge is 0.353 e. The van der Waals surface area contributed by atoms with Crippen molar-refractivity contribution >= 4 is 110 Å². The van der Waals surface area contributed by atoms with E-state index in [1.807, 2.05) is 0 Å². The van der Waals surface area contributed by atoms with Crippen molar-refractivity contribution in [3.05, 3.63) is 26.3 Å². The van der Waals surface area contributed by atoms with Crippen molar-refractivity contribution in [2.75, 3.05) is 36.1 Å². The number of thioether (sulfide) groups is 4. The number of amides is 2. The highest BCUT2D eigenvalue weighted by molar-refractivity contribution is 8.08. The van der Waals surface area contributed by atoms with Gasteiger partial charge in [-0.15, -0.1) is 23.1 Å².